The van der Waals surface area contributed by atoms with Crippen LogP contribution < -0.4 is 0 Å². The number of cyclic esters (lactones) is 1. The van der Waals surface area contributed by atoms with E-state index in [-0.39, 0.29) is 18.2 Å². The Balaban J connectivity index is 1.81. The van der Waals surface area contributed by atoms with Gasteiger partial charge in [-0.2, -0.15) is 0 Å². The Morgan fingerprint density at radius 1 is 0.842 bits per heavy atom. The summed E-state index contributed by atoms with van der Waals surface area (Å²) in [6, 6.07) is 0. The number of carbonyl (C=O) groups excluding carboxylic acids is 1. The van der Waals surface area contributed by atoms with Gasteiger partial charge in [-0.1, -0.05) is 0 Å². The van der Waals surface area contributed by atoms with Gasteiger partial charge >= 0.3 is 5.97 Å². The molecule has 0 spiro atoms. The van der Waals surface area contributed by atoms with E-state index in [1.807, 2.05) is 20.8 Å². The molecule has 0 aliphatic carbocycles. The highest BCUT2D eigenvalue weighted by molar-refractivity contribution is 5.78. The van der Waals surface area contributed by atoms with Crippen LogP contribution in [0.15, 0.2) is 0 Å². The van der Waals surface area contributed by atoms with Crippen LogP contribution in [-0.4, -0.2) is 48.1 Å². The SMILES string of the molecule is C[C@@H]1OC(C)(C)O[C@@H]1[C@H]1OC(=O)[C@@H]2OC(C)(C)O[C@H]12. The van der Waals surface area contributed by atoms with Crippen LogP contribution in [0.1, 0.15) is 34.6 Å². The van der Waals surface area contributed by atoms with Crippen molar-refractivity contribution < 1.29 is 28.5 Å². The molecule has 0 amide bonds. The molecule has 0 saturated carbocycles. The van der Waals surface area contributed by atoms with Crippen LogP contribution in [0.25, 0.3) is 0 Å². The molecule has 3 heterocycles. The minimum absolute atomic E-state index is 0.168. The van der Waals surface area contributed by atoms with Crippen molar-refractivity contribution in [3.05, 3.63) is 0 Å². The van der Waals surface area contributed by atoms with Gasteiger partial charge in [0.2, 0.25) is 0 Å². The van der Waals surface area contributed by atoms with E-state index in [1.165, 1.54) is 0 Å². The molecule has 19 heavy (non-hydrogen) atoms. The zero-order valence-electron chi connectivity index (χ0n) is 11.8. The van der Waals surface area contributed by atoms with Crippen LogP contribution in [0, 0.1) is 0 Å². The smallest absolute Gasteiger partial charge is 0.338 e. The number of ether oxygens (including phenoxy) is 5. The Morgan fingerprint density at radius 3 is 2.00 bits per heavy atom. The highest BCUT2D eigenvalue weighted by atomic mass is 16.8. The fourth-order valence-corrected chi connectivity index (χ4v) is 3.03. The fourth-order valence-electron chi connectivity index (χ4n) is 3.03. The molecule has 3 fully saturated rings. The summed E-state index contributed by atoms with van der Waals surface area (Å²) >= 11 is 0. The first-order valence-electron chi connectivity index (χ1n) is 6.60. The predicted molar refractivity (Wildman–Crippen MR) is 63.2 cm³/mol. The monoisotopic (exact) mass is 272 g/mol. The average Bonchev–Trinajstić information content (AvgIpc) is 2.79. The molecular weight excluding hydrogens is 252 g/mol. The second-order valence-electron chi connectivity index (χ2n) is 6.23. The standard InChI is InChI=1S/C13H20O6/c1-6-7(17-12(2,3)16-6)8-9-10(11(14)15-8)19-13(4,5)18-9/h6-10H,1-5H3/t6-,7-,8+,9+,10+/m0/s1. The van der Waals surface area contributed by atoms with Gasteiger partial charge in [-0.25, -0.2) is 4.79 Å². The Morgan fingerprint density at radius 2 is 1.42 bits per heavy atom. The van der Waals surface area contributed by atoms with Crippen molar-refractivity contribution in [2.45, 2.75) is 76.7 Å². The topological polar surface area (TPSA) is 63.2 Å². The normalized spacial score (nSPS) is 47.2. The summed E-state index contributed by atoms with van der Waals surface area (Å²) < 4.78 is 28.3. The number of rotatable bonds is 1. The summed E-state index contributed by atoms with van der Waals surface area (Å²) in [6.07, 6.45) is -2.10. The Labute approximate surface area is 112 Å². The zero-order chi connectivity index (χ0) is 14.0. The summed E-state index contributed by atoms with van der Waals surface area (Å²) in [7, 11) is 0. The number of carbonyl (C=O) groups is 1. The molecule has 3 aliphatic rings. The first-order chi connectivity index (χ1) is 8.69. The van der Waals surface area contributed by atoms with Crippen LogP contribution in [0.2, 0.25) is 0 Å². The molecule has 3 aliphatic heterocycles. The van der Waals surface area contributed by atoms with Crippen LogP contribution in [0.4, 0.5) is 0 Å². The molecule has 0 N–H and O–H groups in total. The van der Waals surface area contributed by atoms with E-state index in [1.54, 1.807) is 13.8 Å². The largest absolute Gasteiger partial charge is 0.455 e. The van der Waals surface area contributed by atoms with Gasteiger partial charge in [-0.3, -0.25) is 0 Å². The molecule has 6 heteroatoms. The Bertz CT molecular complexity index is 404. The third-order valence-electron chi connectivity index (χ3n) is 3.61. The minimum Gasteiger partial charge on any atom is -0.455 e. The molecule has 0 bridgehead atoms. The number of esters is 1. The second-order valence-corrected chi connectivity index (χ2v) is 6.23. The van der Waals surface area contributed by atoms with Gasteiger partial charge in [0.05, 0.1) is 6.10 Å². The third kappa shape index (κ3) is 2.16. The van der Waals surface area contributed by atoms with Crippen LogP contribution >= 0.6 is 0 Å². The molecule has 6 nitrogen and oxygen atoms in total. The maximum Gasteiger partial charge on any atom is 0.338 e. The molecule has 0 aromatic rings. The zero-order valence-corrected chi connectivity index (χ0v) is 11.8. The summed E-state index contributed by atoms with van der Waals surface area (Å²) in [5.74, 6) is -1.84. The fraction of sp³-hybridized carbons (Fsp3) is 0.923. The molecule has 0 aromatic carbocycles. The van der Waals surface area contributed by atoms with E-state index in [4.69, 9.17) is 23.7 Å². The molecule has 3 saturated heterocycles. The second kappa shape index (κ2) is 3.91. The molecule has 5 atom stereocenters. The van der Waals surface area contributed by atoms with E-state index in [9.17, 15) is 4.79 Å². The quantitative estimate of drug-likeness (QED) is 0.663. The van der Waals surface area contributed by atoms with Crippen LogP contribution in [0.3, 0.4) is 0 Å². The number of hydrogen-bond donors (Lipinski definition) is 0. The molecule has 0 unspecified atom stereocenters. The lowest BCUT2D eigenvalue weighted by Crippen LogP contribution is -2.43. The van der Waals surface area contributed by atoms with E-state index in [2.05, 4.69) is 0 Å². The van der Waals surface area contributed by atoms with Gasteiger partial charge in [-0.15, -0.1) is 0 Å². The Hall–Kier alpha value is -0.690. The molecule has 108 valence electrons. The van der Waals surface area contributed by atoms with E-state index in [0.29, 0.717) is 0 Å². The van der Waals surface area contributed by atoms with Gasteiger partial charge in [0.1, 0.15) is 12.2 Å². The molecule has 3 rings (SSSR count). The van der Waals surface area contributed by atoms with Crippen molar-refractivity contribution in [1.82, 2.24) is 0 Å². The molecular formula is C13H20O6. The van der Waals surface area contributed by atoms with Gasteiger partial charge < -0.3 is 23.7 Å². The van der Waals surface area contributed by atoms with Crippen molar-refractivity contribution >= 4 is 5.97 Å². The van der Waals surface area contributed by atoms with Crippen molar-refractivity contribution in [3.8, 4) is 0 Å². The van der Waals surface area contributed by atoms with Crippen molar-refractivity contribution in [3.63, 3.8) is 0 Å². The summed E-state index contributed by atoms with van der Waals surface area (Å²) in [5, 5.41) is 0. The third-order valence-corrected chi connectivity index (χ3v) is 3.61. The molecule has 0 radical (unpaired) electrons. The lowest BCUT2D eigenvalue weighted by Gasteiger charge is -2.26. The summed E-state index contributed by atoms with van der Waals surface area (Å²) in [6.45, 7) is 9.16. The number of fused-ring (bicyclic) bond motifs is 1. The number of hydrogen-bond acceptors (Lipinski definition) is 6. The molecule has 0 aromatic heterocycles. The van der Waals surface area contributed by atoms with Crippen molar-refractivity contribution in [1.29, 1.82) is 0 Å². The van der Waals surface area contributed by atoms with Crippen molar-refractivity contribution in [2.24, 2.45) is 0 Å². The van der Waals surface area contributed by atoms with Gasteiger partial charge in [0.25, 0.3) is 0 Å². The van der Waals surface area contributed by atoms with E-state index >= 15 is 0 Å². The highest BCUT2D eigenvalue weighted by Gasteiger charge is 2.61. The highest BCUT2D eigenvalue weighted by Crippen LogP contribution is 2.41. The van der Waals surface area contributed by atoms with E-state index in [0.717, 1.165) is 0 Å². The van der Waals surface area contributed by atoms with Gasteiger partial charge in [-0.05, 0) is 34.6 Å². The maximum absolute atomic E-state index is 11.9. The van der Waals surface area contributed by atoms with E-state index < -0.39 is 29.9 Å². The Kier molecular flexibility index (Phi) is 2.74. The maximum atomic E-state index is 11.9. The average molecular weight is 272 g/mol. The lowest BCUT2D eigenvalue weighted by molar-refractivity contribution is -0.201. The summed E-state index contributed by atoms with van der Waals surface area (Å²) in [4.78, 5) is 11.9. The van der Waals surface area contributed by atoms with Gasteiger partial charge in [0, 0.05) is 0 Å². The first-order valence-corrected chi connectivity index (χ1v) is 6.60. The first kappa shape index (κ1) is 13.3. The van der Waals surface area contributed by atoms with Crippen LogP contribution in [-0.2, 0) is 28.5 Å². The van der Waals surface area contributed by atoms with Crippen molar-refractivity contribution in [2.75, 3.05) is 0 Å². The lowest BCUT2D eigenvalue weighted by atomic mass is 10.0. The summed E-state index contributed by atoms with van der Waals surface area (Å²) in [5.41, 5.74) is 0. The van der Waals surface area contributed by atoms with Crippen LogP contribution in [0.5, 0.6) is 0 Å². The van der Waals surface area contributed by atoms with Gasteiger partial charge in [0.15, 0.2) is 23.8 Å². The predicted octanol–water partition coefficient (Wildman–Crippen LogP) is 0.972. The minimum atomic E-state index is -0.773.